The van der Waals surface area contributed by atoms with E-state index in [0.717, 1.165) is 31.5 Å². The van der Waals surface area contributed by atoms with Crippen molar-refractivity contribution in [3.8, 4) is 0 Å². The lowest BCUT2D eigenvalue weighted by Gasteiger charge is -2.21. The Balaban J connectivity index is 0.000000383. The molecule has 0 spiro atoms. The van der Waals surface area contributed by atoms with Crippen LogP contribution in [0.25, 0.3) is 11.0 Å². The fraction of sp³-hybridized carbons (Fsp3) is 0.444. The molecule has 1 saturated heterocycles. The molecular formula is C18H17F9N4O5. The molecule has 0 saturated carbocycles. The molecule has 1 aliphatic rings. The second kappa shape index (κ2) is 10.6. The number of rotatable bonds is 2. The lowest BCUT2D eigenvalue weighted by Crippen LogP contribution is -2.34. The van der Waals surface area contributed by atoms with Gasteiger partial charge in [0, 0.05) is 0 Å². The van der Waals surface area contributed by atoms with Crippen LogP contribution in [0, 0.1) is 0 Å². The third kappa shape index (κ3) is 7.99. The molecule has 0 bridgehead atoms. The van der Waals surface area contributed by atoms with E-state index in [1.807, 2.05) is 6.92 Å². The average molecular weight is 540 g/mol. The number of aromatic amines is 1. The van der Waals surface area contributed by atoms with Crippen LogP contribution in [0.15, 0.2) is 12.1 Å². The minimum absolute atomic E-state index is 0.161. The van der Waals surface area contributed by atoms with Gasteiger partial charge in [0.2, 0.25) is 0 Å². The summed E-state index contributed by atoms with van der Waals surface area (Å²) in [5, 5.41) is 17.5. The molecule has 18 heteroatoms. The molecule has 0 aliphatic carbocycles. The van der Waals surface area contributed by atoms with Gasteiger partial charge in [0.15, 0.2) is 0 Å². The van der Waals surface area contributed by atoms with Gasteiger partial charge >= 0.3 is 30.5 Å². The maximum Gasteiger partial charge on any atom is 0.490 e. The van der Waals surface area contributed by atoms with Gasteiger partial charge in [0.25, 0.3) is 5.91 Å². The number of hydrogen-bond donors (Lipinski definition) is 5. The van der Waals surface area contributed by atoms with Crippen LogP contribution in [0.1, 0.15) is 41.5 Å². The number of alkyl halides is 9. The van der Waals surface area contributed by atoms with Crippen LogP contribution in [-0.4, -0.2) is 56.9 Å². The van der Waals surface area contributed by atoms with Gasteiger partial charge < -0.3 is 26.2 Å². The number of primary amides is 1. The zero-order chi connectivity index (χ0) is 28.3. The third-order valence-electron chi connectivity index (χ3n) is 4.56. The van der Waals surface area contributed by atoms with E-state index in [2.05, 4.69) is 15.3 Å². The summed E-state index contributed by atoms with van der Waals surface area (Å²) in [5.74, 6) is -5.93. The molecule has 3 rings (SSSR count). The SMILES string of the molecule is CC1(c2nc3c(C(N)=O)cc(C(F)(F)F)cc3[nH]2)CCCN1.O=C(O)C(F)(F)F.O=C(O)C(F)(F)F. The standard InChI is InChI=1S/C14H15F3N4O.2C2HF3O2/c1-13(3-2-4-19-13)12-20-9-6-7(14(15,16)17)5-8(11(18)22)10(9)21-12;2*3-2(4,5)1(6)7/h5-6,19H,2-4H2,1H3,(H2,18,22)(H,20,21);2*(H,6,7). The van der Waals surface area contributed by atoms with Crippen molar-refractivity contribution in [1.82, 2.24) is 15.3 Å². The molecule has 1 atom stereocenters. The molecule has 9 nitrogen and oxygen atoms in total. The summed E-state index contributed by atoms with van der Waals surface area (Å²) >= 11 is 0. The van der Waals surface area contributed by atoms with Crippen molar-refractivity contribution in [3.05, 3.63) is 29.1 Å². The van der Waals surface area contributed by atoms with Gasteiger partial charge in [-0.3, -0.25) is 4.79 Å². The van der Waals surface area contributed by atoms with Crippen molar-refractivity contribution in [2.24, 2.45) is 5.73 Å². The number of H-pyrrole nitrogens is 1. The van der Waals surface area contributed by atoms with Crippen LogP contribution in [0.5, 0.6) is 0 Å². The van der Waals surface area contributed by atoms with Crippen LogP contribution in [0.3, 0.4) is 0 Å². The summed E-state index contributed by atoms with van der Waals surface area (Å²) in [7, 11) is 0. The molecule has 6 N–H and O–H groups in total. The number of aliphatic carboxylic acids is 2. The Labute approximate surface area is 194 Å². The fourth-order valence-electron chi connectivity index (χ4n) is 2.83. The Kier molecular flexibility index (Phi) is 8.96. The first-order valence-corrected chi connectivity index (χ1v) is 9.36. The Morgan fingerprint density at radius 1 is 0.972 bits per heavy atom. The number of fused-ring (bicyclic) bond motifs is 1. The summed E-state index contributed by atoms with van der Waals surface area (Å²) in [6.45, 7) is 2.73. The van der Waals surface area contributed by atoms with E-state index in [4.69, 9.17) is 25.5 Å². The van der Waals surface area contributed by atoms with Gasteiger partial charge in [-0.2, -0.15) is 39.5 Å². The molecule has 202 valence electrons. The van der Waals surface area contributed by atoms with Crippen molar-refractivity contribution in [2.75, 3.05) is 6.54 Å². The maximum absolute atomic E-state index is 12.9. The van der Waals surface area contributed by atoms with E-state index >= 15 is 0 Å². The van der Waals surface area contributed by atoms with Crippen LogP contribution in [0.2, 0.25) is 0 Å². The lowest BCUT2D eigenvalue weighted by atomic mass is 10.00. The highest BCUT2D eigenvalue weighted by atomic mass is 19.4. The van der Waals surface area contributed by atoms with Gasteiger partial charge in [-0.25, -0.2) is 14.6 Å². The number of nitrogens with one attached hydrogen (secondary N) is 2. The molecule has 1 fully saturated rings. The topological polar surface area (TPSA) is 158 Å². The molecule has 1 aromatic carbocycles. The minimum Gasteiger partial charge on any atom is -0.475 e. The smallest absolute Gasteiger partial charge is 0.475 e. The van der Waals surface area contributed by atoms with Gasteiger partial charge in [-0.1, -0.05) is 0 Å². The van der Waals surface area contributed by atoms with E-state index in [9.17, 15) is 44.3 Å². The second-order valence-corrected chi connectivity index (χ2v) is 7.34. The number of carboxylic acids is 2. The number of aromatic nitrogens is 2. The molecule has 2 aromatic rings. The Morgan fingerprint density at radius 2 is 1.44 bits per heavy atom. The van der Waals surface area contributed by atoms with Gasteiger partial charge in [0.05, 0.1) is 22.2 Å². The Morgan fingerprint density at radius 3 is 1.78 bits per heavy atom. The van der Waals surface area contributed by atoms with Crippen LogP contribution < -0.4 is 11.1 Å². The number of imidazole rings is 1. The second-order valence-electron chi connectivity index (χ2n) is 7.34. The number of nitrogens with two attached hydrogens (primary N) is 1. The molecule has 2 heterocycles. The molecule has 36 heavy (non-hydrogen) atoms. The predicted octanol–water partition coefficient (Wildman–Crippen LogP) is 3.55. The quantitative estimate of drug-likeness (QED) is 0.365. The molecule has 1 aliphatic heterocycles. The van der Waals surface area contributed by atoms with Crippen molar-refractivity contribution >= 4 is 28.9 Å². The van der Waals surface area contributed by atoms with Gasteiger partial charge in [-0.15, -0.1) is 0 Å². The van der Waals surface area contributed by atoms with E-state index in [1.54, 1.807) is 0 Å². The largest absolute Gasteiger partial charge is 0.490 e. The van der Waals surface area contributed by atoms with Crippen molar-refractivity contribution < 1.29 is 64.1 Å². The number of carbonyl (C=O) groups excluding carboxylic acids is 1. The van der Waals surface area contributed by atoms with Crippen LogP contribution in [0.4, 0.5) is 39.5 Å². The summed E-state index contributed by atoms with van der Waals surface area (Å²) in [6, 6.07) is 1.70. The molecule has 1 unspecified atom stereocenters. The zero-order valence-electron chi connectivity index (χ0n) is 17.8. The number of nitrogens with zero attached hydrogens (tertiary/aromatic N) is 1. The summed E-state index contributed by atoms with van der Waals surface area (Å²) in [5.41, 5.74) is 3.96. The summed E-state index contributed by atoms with van der Waals surface area (Å²) in [4.78, 5) is 36.5. The van der Waals surface area contributed by atoms with Gasteiger partial charge in [0.1, 0.15) is 11.3 Å². The first kappa shape index (κ1) is 30.5. The van der Waals surface area contributed by atoms with Crippen molar-refractivity contribution in [1.29, 1.82) is 0 Å². The third-order valence-corrected chi connectivity index (χ3v) is 4.56. The van der Waals surface area contributed by atoms with Crippen molar-refractivity contribution in [3.63, 3.8) is 0 Å². The van der Waals surface area contributed by atoms with E-state index in [1.165, 1.54) is 0 Å². The highest BCUT2D eigenvalue weighted by Crippen LogP contribution is 2.35. The van der Waals surface area contributed by atoms with E-state index < -0.39 is 47.5 Å². The number of hydrogen-bond acceptors (Lipinski definition) is 5. The highest BCUT2D eigenvalue weighted by molar-refractivity contribution is 6.04. The van der Waals surface area contributed by atoms with E-state index in [0.29, 0.717) is 5.82 Å². The Hall–Kier alpha value is -3.57. The number of benzene rings is 1. The molecule has 0 radical (unpaired) electrons. The number of halogens is 9. The zero-order valence-corrected chi connectivity index (χ0v) is 17.8. The Bertz CT molecular complexity index is 1090. The predicted molar refractivity (Wildman–Crippen MR) is 102 cm³/mol. The molecule has 1 aromatic heterocycles. The first-order valence-electron chi connectivity index (χ1n) is 9.36. The molecule has 1 amide bonds. The van der Waals surface area contributed by atoms with Gasteiger partial charge in [-0.05, 0) is 38.4 Å². The maximum atomic E-state index is 12.9. The lowest BCUT2D eigenvalue weighted by molar-refractivity contribution is -0.193. The van der Waals surface area contributed by atoms with Crippen LogP contribution >= 0.6 is 0 Å². The minimum atomic E-state index is -5.08. The molecular weight excluding hydrogens is 523 g/mol. The number of carbonyl (C=O) groups is 3. The highest BCUT2D eigenvalue weighted by Gasteiger charge is 2.39. The van der Waals surface area contributed by atoms with Crippen molar-refractivity contribution in [2.45, 2.75) is 43.8 Å². The normalized spacial score (nSPS) is 18.1. The monoisotopic (exact) mass is 540 g/mol. The number of amides is 1. The summed E-state index contributed by atoms with van der Waals surface area (Å²) in [6.07, 6.45) is -13.0. The van der Waals surface area contributed by atoms with E-state index in [-0.39, 0.29) is 16.6 Å². The first-order chi connectivity index (χ1) is 16.1. The summed E-state index contributed by atoms with van der Waals surface area (Å²) < 4.78 is 102. The average Bonchev–Trinajstić information content (AvgIpc) is 3.33. The number of carboxylic acid groups (broad SMARTS) is 2. The fourth-order valence-corrected chi connectivity index (χ4v) is 2.83. The van der Waals surface area contributed by atoms with Crippen LogP contribution in [-0.2, 0) is 21.3 Å².